The van der Waals surface area contributed by atoms with Crippen LogP contribution in [0.3, 0.4) is 0 Å². The minimum Gasteiger partial charge on any atom is -0.294 e. The van der Waals surface area contributed by atoms with Gasteiger partial charge in [0.25, 0.3) is 0 Å². The highest BCUT2D eigenvalue weighted by Gasteiger charge is 2.13. The Morgan fingerprint density at radius 2 is 2.00 bits per heavy atom. The average molecular weight is 232 g/mol. The monoisotopic (exact) mass is 232 g/mol. The van der Waals surface area contributed by atoms with Crippen molar-refractivity contribution in [3.63, 3.8) is 0 Å². The van der Waals surface area contributed by atoms with Crippen molar-refractivity contribution in [1.29, 1.82) is 0 Å². The molecule has 0 aliphatic heterocycles. The maximum atomic E-state index is 11.3. The molecule has 2 aromatic heterocycles. The highest BCUT2D eigenvalue weighted by molar-refractivity contribution is 7.17. The second-order valence-corrected chi connectivity index (χ2v) is 4.65. The molecule has 4 heteroatoms. The van der Waals surface area contributed by atoms with E-state index in [1.807, 2.05) is 32.0 Å². The van der Waals surface area contributed by atoms with Crippen LogP contribution < -0.4 is 0 Å². The molecule has 0 N–H and O–H groups in total. The zero-order valence-electron chi connectivity index (χ0n) is 9.44. The molecule has 16 heavy (non-hydrogen) atoms. The van der Waals surface area contributed by atoms with Crippen molar-refractivity contribution in [3.05, 3.63) is 34.5 Å². The van der Waals surface area contributed by atoms with Crippen LogP contribution in [0.1, 0.15) is 28.0 Å². The zero-order valence-corrected chi connectivity index (χ0v) is 10.3. The normalized spacial score (nSPS) is 10.4. The van der Waals surface area contributed by atoms with E-state index in [0.717, 1.165) is 27.0 Å². The Morgan fingerprint density at radius 3 is 2.56 bits per heavy atom. The minimum absolute atomic E-state index is 0.0638. The summed E-state index contributed by atoms with van der Waals surface area (Å²) in [4.78, 5) is 20.8. The van der Waals surface area contributed by atoms with E-state index in [1.54, 1.807) is 6.92 Å². The molecule has 0 unspecified atom stereocenters. The van der Waals surface area contributed by atoms with E-state index in [-0.39, 0.29) is 5.78 Å². The number of carbonyl (C=O) groups is 1. The van der Waals surface area contributed by atoms with Gasteiger partial charge in [-0.2, -0.15) is 0 Å². The number of carbonyl (C=O) groups excluding carboxylic acids is 1. The molecule has 0 saturated heterocycles. The maximum Gasteiger partial charge on any atom is 0.171 e. The second kappa shape index (κ2) is 4.14. The zero-order chi connectivity index (χ0) is 11.7. The number of ketones is 1. The minimum atomic E-state index is 0.0638. The molecule has 3 nitrogen and oxygen atoms in total. The summed E-state index contributed by atoms with van der Waals surface area (Å²) in [5.74, 6) is 0.0638. The van der Waals surface area contributed by atoms with E-state index in [9.17, 15) is 4.79 Å². The smallest absolute Gasteiger partial charge is 0.171 e. The number of nitrogens with zero attached hydrogens (tertiary/aromatic N) is 2. The predicted molar refractivity (Wildman–Crippen MR) is 64.8 cm³/mol. The Hall–Kier alpha value is -1.55. The number of rotatable bonds is 2. The molecular formula is C12H12N2OS. The van der Waals surface area contributed by atoms with Crippen molar-refractivity contribution in [2.45, 2.75) is 20.8 Å². The number of pyridine rings is 1. The van der Waals surface area contributed by atoms with E-state index in [2.05, 4.69) is 9.97 Å². The van der Waals surface area contributed by atoms with Crippen molar-refractivity contribution in [3.8, 4) is 10.7 Å². The van der Waals surface area contributed by atoms with Gasteiger partial charge in [0.05, 0.1) is 16.3 Å². The fraction of sp³-hybridized carbons (Fsp3) is 0.250. The van der Waals surface area contributed by atoms with E-state index < -0.39 is 0 Å². The molecule has 0 aliphatic carbocycles. The molecule has 2 aromatic rings. The number of thiazole rings is 1. The van der Waals surface area contributed by atoms with Crippen LogP contribution in [0.15, 0.2) is 18.2 Å². The molecule has 2 heterocycles. The first-order valence-electron chi connectivity index (χ1n) is 5.00. The second-order valence-electron chi connectivity index (χ2n) is 3.65. The molecule has 82 valence electrons. The van der Waals surface area contributed by atoms with Gasteiger partial charge in [0.15, 0.2) is 5.78 Å². The van der Waals surface area contributed by atoms with Crippen LogP contribution >= 0.6 is 11.3 Å². The Labute approximate surface area is 98.2 Å². The van der Waals surface area contributed by atoms with Gasteiger partial charge < -0.3 is 0 Å². The van der Waals surface area contributed by atoms with Crippen molar-refractivity contribution < 1.29 is 4.79 Å². The Balaban J connectivity index is 2.49. The molecule has 0 atom stereocenters. The van der Waals surface area contributed by atoms with Crippen LogP contribution in [0.5, 0.6) is 0 Å². The lowest BCUT2D eigenvalue weighted by atomic mass is 10.3. The van der Waals surface area contributed by atoms with Gasteiger partial charge in [0.1, 0.15) is 5.01 Å². The topological polar surface area (TPSA) is 42.9 Å². The standard InChI is InChI=1S/C12H12N2OS/c1-7-5-4-6-10(13-7)12-14-8(2)11(16-12)9(3)15/h4-6H,1-3H3. The van der Waals surface area contributed by atoms with Crippen molar-refractivity contribution in [2.24, 2.45) is 0 Å². The molecule has 0 spiro atoms. The molecule has 0 amide bonds. The third-order valence-electron chi connectivity index (χ3n) is 2.22. The van der Waals surface area contributed by atoms with E-state index in [4.69, 9.17) is 0 Å². The Morgan fingerprint density at radius 1 is 1.25 bits per heavy atom. The highest BCUT2D eigenvalue weighted by Crippen LogP contribution is 2.26. The summed E-state index contributed by atoms with van der Waals surface area (Å²) in [6.07, 6.45) is 0. The van der Waals surface area contributed by atoms with Crippen LogP contribution in [0.2, 0.25) is 0 Å². The third kappa shape index (κ3) is 2.02. The van der Waals surface area contributed by atoms with E-state index in [1.165, 1.54) is 11.3 Å². The molecule has 2 rings (SSSR count). The predicted octanol–water partition coefficient (Wildman–Crippen LogP) is 3.02. The fourth-order valence-corrected chi connectivity index (χ4v) is 2.43. The molecule has 0 aromatic carbocycles. The molecule has 0 aliphatic rings. The number of hydrogen-bond acceptors (Lipinski definition) is 4. The van der Waals surface area contributed by atoms with Gasteiger partial charge in [-0.15, -0.1) is 11.3 Å². The van der Waals surface area contributed by atoms with E-state index in [0.29, 0.717) is 0 Å². The average Bonchev–Trinajstić information content (AvgIpc) is 2.60. The summed E-state index contributed by atoms with van der Waals surface area (Å²) in [6, 6.07) is 5.80. The summed E-state index contributed by atoms with van der Waals surface area (Å²) >= 11 is 1.41. The molecule has 0 saturated carbocycles. The summed E-state index contributed by atoms with van der Waals surface area (Å²) in [7, 11) is 0. The van der Waals surface area contributed by atoms with Crippen LogP contribution in [0.25, 0.3) is 10.7 Å². The Bertz CT molecular complexity index is 546. The number of hydrogen-bond donors (Lipinski definition) is 0. The first kappa shape index (κ1) is 11.0. The van der Waals surface area contributed by atoms with Gasteiger partial charge in [-0.3, -0.25) is 9.78 Å². The maximum absolute atomic E-state index is 11.3. The third-order valence-corrected chi connectivity index (χ3v) is 3.50. The lowest BCUT2D eigenvalue weighted by Crippen LogP contribution is -1.89. The van der Waals surface area contributed by atoms with Crippen molar-refractivity contribution >= 4 is 17.1 Å². The largest absolute Gasteiger partial charge is 0.294 e. The summed E-state index contributed by atoms with van der Waals surface area (Å²) < 4.78 is 0. The van der Waals surface area contributed by atoms with Gasteiger partial charge in [0, 0.05) is 12.6 Å². The number of Topliss-reactive ketones (excluding diaryl/α,β-unsaturated/α-hetero) is 1. The van der Waals surface area contributed by atoms with Crippen LogP contribution in [0.4, 0.5) is 0 Å². The SMILES string of the molecule is CC(=O)c1sc(-c2cccc(C)n2)nc1C. The summed E-state index contributed by atoms with van der Waals surface area (Å²) in [5, 5.41) is 0.811. The first-order chi connectivity index (χ1) is 7.58. The Kier molecular flexibility index (Phi) is 2.83. The first-order valence-corrected chi connectivity index (χ1v) is 5.82. The van der Waals surface area contributed by atoms with Crippen LogP contribution in [-0.2, 0) is 0 Å². The summed E-state index contributed by atoms with van der Waals surface area (Å²) in [5.41, 5.74) is 2.58. The summed E-state index contributed by atoms with van der Waals surface area (Å²) in [6.45, 7) is 5.36. The molecule has 0 bridgehead atoms. The van der Waals surface area contributed by atoms with Gasteiger partial charge in [0.2, 0.25) is 0 Å². The van der Waals surface area contributed by atoms with E-state index >= 15 is 0 Å². The fourth-order valence-electron chi connectivity index (χ4n) is 1.49. The quantitative estimate of drug-likeness (QED) is 0.747. The van der Waals surface area contributed by atoms with Crippen molar-refractivity contribution in [1.82, 2.24) is 9.97 Å². The molecule has 0 radical (unpaired) electrons. The van der Waals surface area contributed by atoms with Gasteiger partial charge in [-0.25, -0.2) is 4.98 Å². The highest BCUT2D eigenvalue weighted by atomic mass is 32.1. The van der Waals surface area contributed by atoms with Crippen LogP contribution in [0, 0.1) is 13.8 Å². The van der Waals surface area contributed by atoms with Gasteiger partial charge in [-0.05, 0) is 26.0 Å². The van der Waals surface area contributed by atoms with Crippen molar-refractivity contribution in [2.75, 3.05) is 0 Å². The van der Waals surface area contributed by atoms with Gasteiger partial charge in [-0.1, -0.05) is 6.07 Å². The molecule has 0 fully saturated rings. The number of aromatic nitrogens is 2. The number of aryl methyl sites for hydroxylation is 2. The van der Waals surface area contributed by atoms with Crippen LogP contribution in [-0.4, -0.2) is 15.8 Å². The van der Waals surface area contributed by atoms with Gasteiger partial charge >= 0.3 is 0 Å². The molecular weight excluding hydrogens is 220 g/mol. The lowest BCUT2D eigenvalue weighted by molar-refractivity contribution is 0.102. The lowest BCUT2D eigenvalue weighted by Gasteiger charge is -1.95.